The minimum Gasteiger partial charge on any atom is -0.493 e. The molecule has 0 radical (unpaired) electrons. The lowest BCUT2D eigenvalue weighted by molar-refractivity contribution is 0.0531. The lowest BCUT2D eigenvalue weighted by atomic mass is 10.1. The van der Waals surface area contributed by atoms with E-state index in [4.69, 9.17) is 28.9 Å². The van der Waals surface area contributed by atoms with Crippen molar-refractivity contribution in [2.45, 2.75) is 32.8 Å². The number of piperidine rings is 1. The number of benzene rings is 1. The molecule has 0 saturated carbocycles. The zero-order valence-electron chi connectivity index (χ0n) is 21.5. The largest absolute Gasteiger partial charge is 0.493 e. The van der Waals surface area contributed by atoms with E-state index in [2.05, 4.69) is 15.2 Å². The third-order valence-corrected chi connectivity index (χ3v) is 6.99. The van der Waals surface area contributed by atoms with Gasteiger partial charge in [0, 0.05) is 24.7 Å². The van der Waals surface area contributed by atoms with Gasteiger partial charge in [0.05, 0.1) is 45.4 Å². The Morgan fingerprint density at radius 2 is 1.76 bits per heavy atom. The summed E-state index contributed by atoms with van der Waals surface area (Å²) in [6.07, 6.45) is 0.992. The second kappa shape index (κ2) is 11.6. The van der Waals surface area contributed by atoms with Gasteiger partial charge < -0.3 is 29.0 Å². The Labute approximate surface area is 219 Å². The molecule has 0 bridgehead atoms. The van der Waals surface area contributed by atoms with Gasteiger partial charge in [-0.1, -0.05) is 11.3 Å². The molecule has 3 aromatic rings. The standard InChI is InChI=1S/C25H31N5O6S/c1-6-36-23(32)22-14(2)26-25(37-22)29-24-27-17(13-20(28-24)30-9-7-16(31)8-10-30)15-11-18(33-3)21(35-5)19(12-15)34-4/h11-13,16,31H,6-10H2,1-5H3,(H,26,27,28,29). The number of hydrogen-bond donors (Lipinski definition) is 2. The summed E-state index contributed by atoms with van der Waals surface area (Å²) < 4.78 is 21.6. The molecule has 37 heavy (non-hydrogen) atoms. The van der Waals surface area contributed by atoms with Gasteiger partial charge >= 0.3 is 5.97 Å². The van der Waals surface area contributed by atoms with Crippen LogP contribution in [0.5, 0.6) is 17.2 Å². The highest BCUT2D eigenvalue weighted by molar-refractivity contribution is 7.17. The summed E-state index contributed by atoms with van der Waals surface area (Å²) in [5, 5.41) is 13.6. The first kappa shape index (κ1) is 26.4. The van der Waals surface area contributed by atoms with Crippen LogP contribution in [0.1, 0.15) is 35.1 Å². The molecule has 0 spiro atoms. The van der Waals surface area contributed by atoms with Crippen LogP contribution in [0.25, 0.3) is 11.3 Å². The fraction of sp³-hybridized carbons (Fsp3) is 0.440. The molecule has 1 aromatic carbocycles. The van der Waals surface area contributed by atoms with E-state index in [1.54, 1.807) is 35.2 Å². The normalized spacial score (nSPS) is 13.8. The summed E-state index contributed by atoms with van der Waals surface area (Å²) in [5.74, 6) is 2.09. The maximum Gasteiger partial charge on any atom is 0.350 e. The molecule has 0 aliphatic carbocycles. The smallest absolute Gasteiger partial charge is 0.350 e. The highest BCUT2D eigenvalue weighted by Gasteiger charge is 2.22. The molecule has 2 aromatic heterocycles. The van der Waals surface area contributed by atoms with Crippen molar-refractivity contribution in [2.75, 3.05) is 51.2 Å². The van der Waals surface area contributed by atoms with Crippen molar-refractivity contribution in [3.63, 3.8) is 0 Å². The topological polar surface area (TPSA) is 128 Å². The summed E-state index contributed by atoms with van der Waals surface area (Å²) >= 11 is 1.18. The predicted molar refractivity (Wildman–Crippen MR) is 141 cm³/mol. The quantitative estimate of drug-likeness (QED) is 0.393. The fourth-order valence-corrected chi connectivity index (χ4v) is 4.91. The number of nitrogens with one attached hydrogen (secondary N) is 1. The minimum atomic E-state index is -0.412. The molecule has 1 aliphatic rings. The van der Waals surface area contributed by atoms with Gasteiger partial charge in [-0.2, -0.15) is 4.98 Å². The monoisotopic (exact) mass is 529 g/mol. The fourth-order valence-electron chi connectivity index (χ4n) is 4.06. The Hall–Kier alpha value is -3.64. The van der Waals surface area contributed by atoms with E-state index >= 15 is 0 Å². The molecule has 0 amide bonds. The average molecular weight is 530 g/mol. The molecule has 12 heteroatoms. The minimum absolute atomic E-state index is 0.284. The van der Waals surface area contributed by atoms with E-state index in [1.807, 2.05) is 18.2 Å². The van der Waals surface area contributed by atoms with Crippen LogP contribution < -0.4 is 24.4 Å². The third kappa shape index (κ3) is 5.86. The SMILES string of the molecule is CCOC(=O)c1sc(Nc2nc(-c3cc(OC)c(OC)c(OC)c3)cc(N3CCC(O)CC3)n2)nc1C. The Balaban J connectivity index is 1.76. The van der Waals surface area contributed by atoms with Crippen LogP contribution in [-0.2, 0) is 4.74 Å². The van der Waals surface area contributed by atoms with E-state index in [0.29, 0.717) is 76.3 Å². The third-order valence-electron chi connectivity index (χ3n) is 5.94. The number of aromatic nitrogens is 3. The van der Waals surface area contributed by atoms with E-state index < -0.39 is 5.97 Å². The van der Waals surface area contributed by atoms with Gasteiger partial charge in [0.2, 0.25) is 11.7 Å². The number of hydrogen-bond acceptors (Lipinski definition) is 12. The van der Waals surface area contributed by atoms with Crippen molar-refractivity contribution >= 4 is 34.2 Å². The zero-order valence-corrected chi connectivity index (χ0v) is 22.3. The first-order valence-electron chi connectivity index (χ1n) is 11.9. The molecule has 1 saturated heterocycles. The van der Waals surface area contributed by atoms with E-state index in [-0.39, 0.29) is 12.7 Å². The summed E-state index contributed by atoms with van der Waals surface area (Å²) in [4.78, 5) is 28.7. The highest BCUT2D eigenvalue weighted by atomic mass is 32.1. The number of carbonyl (C=O) groups excluding carboxylic acids is 1. The molecule has 0 unspecified atom stereocenters. The molecule has 2 N–H and O–H groups in total. The van der Waals surface area contributed by atoms with Gasteiger partial charge in [-0.25, -0.2) is 14.8 Å². The van der Waals surface area contributed by atoms with E-state index in [0.717, 1.165) is 5.56 Å². The van der Waals surface area contributed by atoms with Crippen molar-refractivity contribution in [1.29, 1.82) is 0 Å². The maximum absolute atomic E-state index is 12.3. The van der Waals surface area contributed by atoms with Crippen molar-refractivity contribution in [3.8, 4) is 28.5 Å². The molecular formula is C25H31N5O6S. The Morgan fingerprint density at radius 1 is 1.08 bits per heavy atom. The van der Waals surface area contributed by atoms with Crippen molar-refractivity contribution < 1.29 is 28.8 Å². The number of aryl methyl sites for hydroxylation is 1. The van der Waals surface area contributed by atoms with Crippen LogP contribution >= 0.6 is 11.3 Å². The lowest BCUT2D eigenvalue weighted by Crippen LogP contribution is -2.36. The number of methoxy groups -OCH3 is 3. The molecule has 4 rings (SSSR count). The number of nitrogens with zero attached hydrogens (tertiary/aromatic N) is 4. The van der Waals surface area contributed by atoms with Crippen LogP contribution in [0.3, 0.4) is 0 Å². The Morgan fingerprint density at radius 3 is 2.35 bits per heavy atom. The van der Waals surface area contributed by atoms with Gasteiger partial charge in [-0.3, -0.25) is 5.32 Å². The number of aliphatic hydroxyl groups excluding tert-OH is 1. The molecule has 198 valence electrons. The summed E-state index contributed by atoms with van der Waals surface area (Å²) in [6, 6.07) is 5.54. The summed E-state index contributed by atoms with van der Waals surface area (Å²) in [5.41, 5.74) is 1.93. The average Bonchev–Trinajstić information content (AvgIpc) is 3.27. The van der Waals surface area contributed by atoms with Gasteiger partial charge in [-0.15, -0.1) is 0 Å². The molecule has 11 nitrogen and oxygen atoms in total. The first-order chi connectivity index (χ1) is 17.9. The zero-order chi connectivity index (χ0) is 26.5. The summed E-state index contributed by atoms with van der Waals surface area (Å²) in [7, 11) is 4.67. The number of carbonyl (C=O) groups is 1. The van der Waals surface area contributed by atoms with Gasteiger partial charge in [0.15, 0.2) is 16.6 Å². The van der Waals surface area contributed by atoms with Crippen LogP contribution in [-0.4, -0.2) is 73.2 Å². The first-order valence-corrected chi connectivity index (χ1v) is 12.7. The van der Waals surface area contributed by atoms with Crippen LogP contribution in [0.15, 0.2) is 18.2 Å². The predicted octanol–water partition coefficient (Wildman–Crippen LogP) is 3.82. The molecule has 1 aliphatic heterocycles. The van der Waals surface area contributed by atoms with E-state index in [1.165, 1.54) is 11.3 Å². The van der Waals surface area contributed by atoms with Crippen molar-refractivity contribution in [1.82, 2.24) is 15.0 Å². The van der Waals surface area contributed by atoms with Crippen molar-refractivity contribution in [3.05, 3.63) is 28.8 Å². The van der Waals surface area contributed by atoms with Gasteiger partial charge in [0.1, 0.15) is 10.7 Å². The summed E-state index contributed by atoms with van der Waals surface area (Å²) in [6.45, 7) is 5.13. The Bertz CT molecular complexity index is 1230. The molecule has 3 heterocycles. The van der Waals surface area contributed by atoms with Crippen LogP contribution in [0.2, 0.25) is 0 Å². The number of rotatable bonds is 9. The van der Waals surface area contributed by atoms with Crippen LogP contribution in [0, 0.1) is 6.92 Å². The number of ether oxygens (including phenoxy) is 4. The second-order valence-corrected chi connectivity index (χ2v) is 9.35. The molecular weight excluding hydrogens is 498 g/mol. The lowest BCUT2D eigenvalue weighted by Gasteiger charge is -2.30. The number of thiazole rings is 1. The molecule has 0 atom stereocenters. The number of esters is 1. The Kier molecular flexibility index (Phi) is 8.29. The van der Waals surface area contributed by atoms with Crippen LogP contribution in [0.4, 0.5) is 16.9 Å². The van der Waals surface area contributed by atoms with E-state index in [9.17, 15) is 9.90 Å². The van der Waals surface area contributed by atoms with Gasteiger partial charge in [0.25, 0.3) is 0 Å². The van der Waals surface area contributed by atoms with Crippen molar-refractivity contribution in [2.24, 2.45) is 0 Å². The number of anilines is 3. The second-order valence-electron chi connectivity index (χ2n) is 8.35. The number of aliphatic hydroxyl groups is 1. The maximum atomic E-state index is 12.3. The molecule has 1 fully saturated rings. The van der Waals surface area contributed by atoms with Gasteiger partial charge in [-0.05, 0) is 38.8 Å². The highest BCUT2D eigenvalue weighted by Crippen LogP contribution is 2.41.